The van der Waals surface area contributed by atoms with E-state index in [1.165, 1.54) is 11.8 Å². The Morgan fingerprint density at radius 3 is 1.28 bits per heavy atom. The minimum atomic E-state index is -2.06. The van der Waals surface area contributed by atoms with Crippen LogP contribution in [0.5, 0.6) is 0 Å². The van der Waals surface area contributed by atoms with Gasteiger partial charge in [0.05, 0.1) is 14.3 Å². The molecule has 0 heterocycles. The molecule has 152 valence electrons. The number of thioether (sulfide) groups is 3. The number of rotatable bonds is 7. The molecular weight excluding hydrogens is 472 g/mol. The molecule has 0 fully saturated rings. The maximum absolute atomic E-state index is 11.3. The third kappa shape index (κ3) is 37.4. The molecule has 0 aromatic heterocycles. The number of hydrogen-bond donors (Lipinski definition) is 0. The van der Waals surface area contributed by atoms with E-state index in [4.69, 9.17) is 12.2 Å². The van der Waals surface area contributed by atoms with Crippen LogP contribution < -0.4 is 0 Å². The first-order valence-electron chi connectivity index (χ1n) is 7.14. The van der Waals surface area contributed by atoms with Crippen molar-refractivity contribution < 1.29 is 18.3 Å². The van der Waals surface area contributed by atoms with E-state index in [0.717, 1.165) is 16.1 Å². The van der Waals surface area contributed by atoms with Gasteiger partial charge in [-0.2, -0.15) is 0 Å². The number of hydrogen-bond acceptors (Lipinski definition) is 8. The molecule has 0 radical (unpaired) electrons. The second-order valence-corrected chi connectivity index (χ2v) is 23.5. The summed E-state index contributed by atoms with van der Waals surface area (Å²) in [5, 5.41) is 0.900. The molecule has 4 nitrogen and oxygen atoms in total. The van der Waals surface area contributed by atoms with Gasteiger partial charge in [0.25, 0.3) is 0 Å². The summed E-state index contributed by atoms with van der Waals surface area (Å²) in [5.41, 5.74) is 1.47. The Bertz CT molecular complexity index is 508. The molecule has 0 aromatic rings. The molecular formula is C13H33O4P4S4+. The van der Waals surface area contributed by atoms with Gasteiger partial charge in [-0.1, -0.05) is 16.8 Å². The summed E-state index contributed by atoms with van der Waals surface area (Å²) in [4.78, 5) is 0. The van der Waals surface area contributed by atoms with Gasteiger partial charge < -0.3 is 13.7 Å². The monoisotopic (exact) mass is 505 g/mol. The Balaban J connectivity index is -0.000000342. The standard InChI is InChI=1S/C7H18O2P2S2.C4H9OPS2.C2H6OP/c1-10(2,8)5-12-7-13-6-11(3,4)9;1-6(2,5)4(7)8-3;1-4(2)3/h5-7H2,1-4H3;1-3H3;1-2H3/q;;+1. The van der Waals surface area contributed by atoms with E-state index in [0.29, 0.717) is 3.94 Å². The highest BCUT2D eigenvalue weighted by Crippen LogP contribution is 2.44. The fraction of sp³-hybridized carbons (Fsp3) is 0.923. The molecule has 0 atom stereocenters. The fourth-order valence-electron chi connectivity index (χ4n) is 0.793. The predicted molar refractivity (Wildman–Crippen MR) is 134 cm³/mol. The van der Waals surface area contributed by atoms with Crippen molar-refractivity contribution in [1.29, 1.82) is 0 Å². The van der Waals surface area contributed by atoms with Crippen molar-refractivity contribution in [3.8, 4) is 0 Å². The summed E-state index contributed by atoms with van der Waals surface area (Å²) >= 11 is 9.55. The zero-order valence-corrected chi connectivity index (χ0v) is 23.5. The molecule has 0 bridgehead atoms. The minimum Gasteiger partial charge on any atom is -0.323 e. The van der Waals surface area contributed by atoms with Crippen molar-refractivity contribution in [3.05, 3.63) is 0 Å². The molecule has 0 aromatic carbocycles. The maximum Gasteiger partial charge on any atom is 0.332 e. The van der Waals surface area contributed by atoms with Crippen LogP contribution in [0.2, 0.25) is 0 Å². The van der Waals surface area contributed by atoms with Gasteiger partial charge >= 0.3 is 7.80 Å². The van der Waals surface area contributed by atoms with Crippen molar-refractivity contribution in [1.82, 2.24) is 0 Å². The molecule has 0 unspecified atom stereocenters. The molecule has 0 N–H and O–H groups in total. The number of thiocarbonyl (C=S) groups is 1. The van der Waals surface area contributed by atoms with E-state index in [1.54, 1.807) is 76.8 Å². The smallest absolute Gasteiger partial charge is 0.323 e. The molecule has 0 rings (SSSR count). The van der Waals surface area contributed by atoms with Crippen LogP contribution in [0.4, 0.5) is 0 Å². The first kappa shape index (κ1) is 31.6. The Morgan fingerprint density at radius 1 is 0.880 bits per heavy atom. The van der Waals surface area contributed by atoms with E-state index in [1.807, 2.05) is 6.26 Å². The van der Waals surface area contributed by atoms with Crippen molar-refractivity contribution >= 4 is 80.7 Å². The van der Waals surface area contributed by atoms with Crippen molar-refractivity contribution in [2.24, 2.45) is 0 Å². The van der Waals surface area contributed by atoms with Crippen LogP contribution in [0.3, 0.4) is 0 Å². The van der Waals surface area contributed by atoms with Crippen LogP contribution in [-0.2, 0) is 18.3 Å². The highest BCUT2D eigenvalue weighted by Gasteiger charge is 2.11. The zero-order valence-electron chi connectivity index (χ0n) is 16.7. The van der Waals surface area contributed by atoms with E-state index >= 15 is 0 Å². The first-order valence-corrected chi connectivity index (χ1v) is 21.4. The summed E-state index contributed by atoms with van der Waals surface area (Å²) < 4.78 is 43.8. The van der Waals surface area contributed by atoms with E-state index in [9.17, 15) is 18.3 Å². The van der Waals surface area contributed by atoms with Crippen LogP contribution in [0, 0.1) is 0 Å². The van der Waals surface area contributed by atoms with Gasteiger partial charge in [-0.15, -0.1) is 35.3 Å². The molecule has 0 saturated carbocycles. The summed E-state index contributed by atoms with van der Waals surface area (Å²) in [7, 11) is -6.66. The topological polar surface area (TPSA) is 68.3 Å². The molecule has 12 heteroatoms. The summed E-state index contributed by atoms with van der Waals surface area (Å²) in [5.74, 6) is 0. The molecule has 0 aliphatic carbocycles. The van der Waals surface area contributed by atoms with Crippen LogP contribution >= 0.6 is 76.7 Å². The second kappa shape index (κ2) is 15.8. The van der Waals surface area contributed by atoms with Gasteiger partial charge in [-0.3, -0.25) is 0 Å². The molecule has 0 saturated heterocycles. The Hall–Kier alpha value is 1.93. The largest absolute Gasteiger partial charge is 0.332 e. The normalized spacial score (nSPS) is 11.6. The van der Waals surface area contributed by atoms with E-state index < -0.39 is 29.2 Å². The average molecular weight is 506 g/mol. The first-order chi connectivity index (χ1) is 10.9. The van der Waals surface area contributed by atoms with E-state index in [-0.39, 0.29) is 0 Å². The van der Waals surface area contributed by atoms with Gasteiger partial charge in [0.2, 0.25) is 0 Å². The predicted octanol–water partition coefficient (Wildman–Crippen LogP) is 6.90. The Labute approximate surface area is 173 Å². The second-order valence-electron chi connectivity index (χ2n) is 6.57. The lowest BCUT2D eigenvalue weighted by molar-refractivity contribution is 0.584. The summed E-state index contributed by atoms with van der Waals surface area (Å²) in [6, 6.07) is 0. The van der Waals surface area contributed by atoms with Crippen LogP contribution in [-0.4, -0.2) is 79.6 Å². The molecule has 0 amide bonds. The van der Waals surface area contributed by atoms with Gasteiger partial charge in [0.1, 0.15) is 24.4 Å². The lowest BCUT2D eigenvalue weighted by Gasteiger charge is -2.07. The van der Waals surface area contributed by atoms with Gasteiger partial charge in [-0.05, 0) is 46.2 Å². The fourth-order valence-corrected chi connectivity index (χ4v) is 8.48. The lowest BCUT2D eigenvalue weighted by atomic mass is 11.8. The third-order valence-corrected chi connectivity index (χ3v) is 14.3. The third-order valence-electron chi connectivity index (χ3n) is 1.59. The van der Waals surface area contributed by atoms with E-state index in [2.05, 4.69) is 0 Å². The van der Waals surface area contributed by atoms with Gasteiger partial charge in [0, 0.05) is 16.1 Å². The Kier molecular flexibility index (Phi) is 20.0. The Morgan fingerprint density at radius 2 is 1.16 bits per heavy atom. The minimum absolute atomic E-state index is 0.637. The van der Waals surface area contributed by atoms with Crippen LogP contribution in [0.1, 0.15) is 0 Å². The van der Waals surface area contributed by atoms with Crippen molar-refractivity contribution in [2.45, 2.75) is 0 Å². The van der Waals surface area contributed by atoms with Crippen LogP contribution in [0.15, 0.2) is 0 Å². The molecule has 25 heavy (non-hydrogen) atoms. The highest BCUT2D eigenvalue weighted by molar-refractivity contribution is 8.36. The van der Waals surface area contributed by atoms with Crippen LogP contribution in [0.25, 0.3) is 0 Å². The molecule has 0 aliphatic rings. The quantitative estimate of drug-likeness (QED) is 0.160. The summed E-state index contributed by atoms with van der Waals surface area (Å²) in [6.45, 7) is 13.9. The van der Waals surface area contributed by atoms with Crippen molar-refractivity contribution in [3.63, 3.8) is 0 Å². The lowest BCUT2D eigenvalue weighted by Crippen LogP contribution is -1.84. The summed E-state index contributed by atoms with van der Waals surface area (Å²) in [6.07, 6.45) is 1.85. The van der Waals surface area contributed by atoms with Crippen molar-refractivity contribution in [2.75, 3.05) is 75.6 Å². The van der Waals surface area contributed by atoms with Gasteiger partial charge in [-0.25, -0.2) is 0 Å². The maximum atomic E-state index is 11.3. The molecule has 0 aliphatic heterocycles. The van der Waals surface area contributed by atoms with Gasteiger partial charge in [0.15, 0.2) is 0 Å². The zero-order chi connectivity index (χ0) is 20.9. The SMILES string of the molecule is CP(C)(=O)CSCSCP(C)(C)=O.CSC(=S)P(C)(C)=O.C[P+](C)=O. The molecule has 0 spiro atoms. The average Bonchev–Trinajstić information content (AvgIpc) is 2.33. The highest BCUT2D eigenvalue weighted by atomic mass is 32.2.